The van der Waals surface area contributed by atoms with Gasteiger partial charge in [0.25, 0.3) is 0 Å². The Kier molecular flexibility index (Phi) is 10.9. The van der Waals surface area contributed by atoms with Crippen LogP contribution in [-0.2, 0) is 32.2 Å². The predicted molar refractivity (Wildman–Crippen MR) is 144 cm³/mol. The highest BCUT2D eigenvalue weighted by Crippen LogP contribution is 2.33. The summed E-state index contributed by atoms with van der Waals surface area (Å²) in [6, 6.07) is 26.6. The Morgan fingerprint density at radius 1 is 0.703 bits per heavy atom. The normalized spacial score (nSPS) is 19.6. The minimum atomic E-state index is -0.622. The Hall–Kier alpha value is -2.84. The van der Waals surface area contributed by atoms with E-state index in [1.54, 1.807) is 0 Å². The minimum Gasteiger partial charge on any atom is -0.394 e. The van der Waals surface area contributed by atoms with E-state index in [0.29, 0.717) is 46.1 Å². The summed E-state index contributed by atoms with van der Waals surface area (Å²) in [5.41, 5.74) is 5.54. The Balaban J connectivity index is 1.03. The van der Waals surface area contributed by atoms with Crippen LogP contribution in [0.4, 0.5) is 0 Å². The lowest BCUT2D eigenvalue weighted by Gasteiger charge is -2.13. The maximum atomic E-state index is 9.89. The number of hydrogen-bond donors (Lipinski definition) is 2. The van der Waals surface area contributed by atoms with Gasteiger partial charge in [0.2, 0.25) is 0 Å². The number of ether oxygens (including phenoxy) is 4. The van der Waals surface area contributed by atoms with Gasteiger partial charge in [-0.3, -0.25) is 0 Å². The van der Waals surface area contributed by atoms with E-state index < -0.39 is 12.2 Å². The van der Waals surface area contributed by atoms with E-state index in [2.05, 4.69) is 48.6 Å². The first-order valence-electron chi connectivity index (χ1n) is 12.8. The van der Waals surface area contributed by atoms with Gasteiger partial charge >= 0.3 is 0 Å². The summed E-state index contributed by atoms with van der Waals surface area (Å²) >= 11 is 0. The Labute approximate surface area is 219 Å². The number of hydrogen-bond acceptors (Lipinski definition) is 6. The van der Waals surface area contributed by atoms with Gasteiger partial charge in [-0.05, 0) is 27.8 Å². The maximum absolute atomic E-state index is 9.89. The van der Waals surface area contributed by atoms with Crippen LogP contribution in [0, 0.1) is 0 Å². The van der Waals surface area contributed by atoms with E-state index in [1.165, 1.54) is 5.56 Å². The second kappa shape index (κ2) is 14.8. The molecular formula is C31H36O6. The first kappa shape index (κ1) is 27.2. The molecule has 0 amide bonds. The molecule has 3 aromatic carbocycles. The molecule has 0 bridgehead atoms. The van der Waals surface area contributed by atoms with Crippen LogP contribution >= 0.6 is 0 Å². The highest BCUT2D eigenvalue weighted by atomic mass is 16.5. The summed E-state index contributed by atoms with van der Waals surface area (Å²) < 4.78 is 22.7. The molecule has 6 nitrogen and oxygen atoms in total. The maximum Gasteiger partial charge on any atom is 0.107 e. The second-order valence-electron chi connectivity index (χ2n) is 9.09. The molecule has 196 valence electrons. The van der Waals surface area contributed by atoms with E-state index in [9.17, 15) is 10.2 Å². The van der Waals surface area contributed by atoms with Crippen LogP contribution in [-0.4, -0.2) is 55.5 Å². The number of aliphatic hydroxyl groups excluding tert-OH is 2. The van der Waals surface area contributed by atoms with Crippen LogP contribution in [0.25, 0.3) is 12.2 Å². The Morgan fingerprint density at radius 3 is 1.81 bits per heavy atom. The molecule has 0 radical (unpaired) electrons. The van der Waals surface area contributed by atoms with Crippen molar-refractivity contribution in [2.24, 2.45) is 0 Å². The fraction of sp³-hybridized carbons (Fsp3) is 0.355. The summed E-state index contributed by atoms with van der Waals surface area (Å²) in [4.78, 5) is 0. The fourth-order valence-electron chi connectivity index (χ4n) is 4.14. The predicted octanol–water partition coefficient (Wildman–Crippen LogP) is 4.79. The number of aliphatic hydroxyl groups is 2. The van der Waals surface area contributed by atoms with Gasteiger partial charge in [0.1, 0.15) is 6.10 Å². The van der Waals surface area contributed by atoms with Crippen molar-refractivity contribution < 1.29 is 29.2 Å². The van der Waals surface area contributed by atoms with Crippen molar-refractivity contribution in [3.05, 3.63) is 107 Å². The van der Waals surface area contributed by atoms with Crippen LogP contribution in [0.1, 0.15) is 40.3 Å². The third kappa shape index (κ3) is 8.90. The van der Waals surface area contributed by atoms with Gasteiger partial charge in [0, 0.05) is 6.42 Å². The van der Waals surface area contributed by atoms with Crippen molar-refractivity contribution in [3.8, 4) is 0 Å². The van der Waals surface area contributed by atoms with Crippen molar-refractivity contribution >= 4 is 12.2 Å². The summed E-state index contributed by atoms with van der Waals surface area (Å²) in [5.74, 6) is 0. The van der Waals surface area contributed by atoms with E-state index in [0.717, 1.165) is 22.3 Å². The van der Waals surface area contributed by atoms with E-state index in [4.69, 9.17) is 18.9 Å². The minimum absolute atomic E-state index is 0.167. The molecule has 0 spiro atoms. The van der Waals surface area contributed by atoms with Crippen LogP contribution in [0.15, 0.2) is 78.9 Å². The van der Waals surface area contributed by atoms with Crippen LogP contribution < -0.4 is 0 Å². The molecule has 1 aliphatic rings. The monoisotopic (exact) mass is 504 g/mol. The lowest BCUT2D eigenvalue weighted by molar-refractivity contribution is -0.0225. The zero-order chi connectivity index (χ0) is 25.7. The largest absolute Gasteiger partial charge is 0.394 e. The molecule has 0 unspecified atom stereocenters. The van der Waals surface area contributed by atoms with Gasteiger partial charge in [-0.25, -0.2) is 0 Å². The van der Waals surface area contributed by atoms with E-state index in [1.807, 2.05) is 42.5 Å². The Bertz CT molecular complexity index is 1070. The summed E-state index contributed by atoms with van der Waals surface area (Å²) in [5, 5.41) is 19.1. The van der Waals surface area contributed by atoms with Gasteiger partial charge < -0.3 is 29.2 Å². The Morgan fingerprint density at radius 2 is 1.24 bits per heavy atom. The SMILES string of the molecule is OC[C@H]1O[C@H](c2ccc(COCCOCCOCc3ccc(/C=C/c4ccccc4)cc3)cc2)C[C@@H]1O. The molecule has 6 heteroatoms. The summed E-state index contributed by atoms with van der Waals surface area (Å²) in [6.07, 6.45) is 3.41. The van der Waals surface area contributed by atoms with Crippen molar-refractivity contribution in [1.82, 2.24) is 0 Å². The van der Waals surface area contributed by atoms with Gasteiger partial charge in [0.15, 0.2) is 0 Å². The third-order valence-electron chi connectivity index (χ3n) is 6.28. The van der Waals surface area contributed by atoms with Crippen LogP contribution in [0.3, 0.4) is 0 Å². The van der Waals surface area contributed by atoms with Gasteiger partial charge in [0.05, 0.1) is 58.5 Å². The van der Waals surface area contributed by atoms with Gasteiger partial charge in [-0.2, -0.15) is 0 Å². The molecule has 1 heterocycles. The standard InChI is InChI=1S/C31H36O6/c32-21-31-29(33)20-30(37-31)28-14-12-27(13-15-28)23-36-19-17-34-16-18-35-22-26-10-8-25(9-11-26)7-6-24-4-2-1-3-5-24/h1-15,29-33H,16-23H2/b7-6+/t29-,30-,31+/m0/s1. The fourth-order valence-corrected chi connectivity index (χ4v) is 4.14. The topological polar surface area (TPSA) is 77.4 Å². The molecule has 0 aliphatic carbocycles. The molecule has 37 heavy (non-hydrogen) atoms. The zero-order valence-electron chi connectivity index (χ0n) is 21.1. The lowest BCUT2D eigenvalue weighted by Crippen LogP contribution is -2.24. The quantitative estimate of drug-likeness (QED) is 0.243. The van der Waals surface area contributed by atoms with Crippen LogP contribution in [0.2, 0.25) is 0 Å². The average molecular weight is 505 g/mol. The van der Waals surface area contributed by atoms with Crippen molar-refractivity contribution in [2.75, 3.05) is 33.0 Å². The van der Waals surface area contributed by atoms with Crippen molar-refractivity contribution in [3.63, 3.8) is 0 Å². The van der Waals surface area contributed by atoms with Crippen molar-refractivity contribution in [1.29, 1.82) is 0 Å². The molecular weight excluding hydrogens is 468 g/mol. The highest BCUT2D eigenvalue weighted by Gasteiger charge is 2.34. The van der Waals surface area contributed by atoms with Gasteiger partial charge in [-0.15, -0.1) is 0 Å². The number of rotatable bonds is 14. The molecule has 3 aromatic rings. The highest BCUT2D eigenvalue weighted by molar-refractivity contribution is 5.69. The smallest absolute Gasteiger partial charge is 0.107 e. The van der Waals surface area contributed by atoms with E-state index >= 15 is 0 Å². The molecule has 1 fully saturated rings. The first-order chi connectivity index (χ1) is 18.2. The van der Waals surface area contributed by atoms with Crippen LogP contribution in [0.5, 0.6) is 0 Å². The second-order valence-corrected chi connectivity index (χ2v) is 9.09. The number of benzene rings is 3. The molecule has 0 saturated carbocycles. The van der Waals surface area contributed by atoms with Crippen molar-refractivity contribution in [2.45, 2.75) is 37.9 Å². The van der Waals surface area contributed by atoms with Gasteiger partial charge in [-0.1, -0.05) is 91.0 Å². The molecule has 1 saturated heterocycles. The molecule has 3 atom stereocenters. The summed E-state index contributed by atoms with van der Waals surface area (Å²) in [7, 11) is 0. The first-order valence-corrected chi connectivity index (χ1v) is 12.8. The molecule has 4 rings (SSSR count). The molecule has 2 N–H and O–H groups in total. The third-order valence-corrected chi connectivity index (χ3v) is 6.28. The lowest BCUT2D eigenvalue weighted by atomic mass is 10.0. The molecule has 1 aliphatic heterocycles. The van der Waals surface area contributed by atoms with E-state index in [-0.39, 0.29) is 12.7 Å². The average Bonchev–Trinajstić information content (AvgIpc) is 3.33. The zero-order valence-corrected chi connectivity index (χ0v) is 21.1. The summed E-state index contributed by atoms with van der Waals surface area (Å²) in [6.45, 7) is 2.98. The molecule has 0 aromatic heterocycles.